The summed E-state index contributed by atoms with van der Waals surface area (Å²) in [6.07, 6.45) is 1.47. The molecule has 1 unspecified atom stereocenters. The average Bonchev–Trinajstić information content (AvgIpc) is 2.94. The maximum absolute atomic E-state index is 12.2. The number of rotatable bonds is 2. The molecule has 11 heteroatoms. The first-order valence-corrected chi connectivity index (χ1v) is 10.9. The summed E-state index contributed by atoms with van der Waals surface area (Å²) in [5, 5.41) is -0.964. The maximum atomic E-state index is 12.2. The highest BCUT2D eigenvalue weighted by atomic mass is 35.7. The molecule has 3 heterocycles. The molecular weight excluding hydrogens is 396 g/mol. The molecule has 0 aromatic carbocycles. The summed E-state index contributed by atoms with van der Waals surface area (Å²) in [6.45, 7) is 6.11. The average molecular weight is 417 g/mol. The van der Waals surface area contributed by atoms with Gasteiger partial charge in [-0.3, -0.25) is 9.69 Å². The third-order valence-electron chi connectivity index (χ3n) is 4.30. The number of nitrogens with zero attached hydrogens (tertiary/aromatic N) is 4. The fraction of sp³-hybridized carbons (Fsp3) is 0.625. The van der Waals surface area contributed by atoms with E-state index in [-0.39, 0.29) is 24.8 Å². The number of fused-ring (bicyclic) bond motifs is 1. The van der Waals surface area contributed by atoms with E-state index in [1.165, 1.54) is 4.90 Å². The minimum Gasteiger partial charge on any atom is -0.444 e. The van der Waals surface area contributed by atoms with Crippen LogP contribution in [0.1, 0.15) is 38.4 Å². The van der Waals surface area contributed by atoms with Crippen molar-refractivity contribution in [1.29, 1.82) is 0 Å². The quantitative estimate of drug-likeness (QED) is 0.671. The molecular formula is C16H21ClN4O5S. The summed E-state index contributed by atoms with van der Waals surface area (Å²) in [7, 11) is 1.54. The van der Waals surface area contributed by atoms with Crippen molar-refractivity contribution >= 4 is 37.7 Å². The summed E-state index contributed by atoms with van der Waals surface area (Å²) in [4.78, 5) is 35.8. The second-order valence-corrected chi connectivity index (χ2v) is 10.5. The van der Waals surface area contributed by atoms with Gasteiger partial charge in [0.05, 0.1) is 12.2 Å². The van der Waals surface area contributed by atoms with Gasteiger partial charge in [0.25, 0.3) is 0 Å². The van der Waals surface area contributed by atoms with Crippen LogP contribution in [0, 0.1) is 0 Å². The molecule has 3 rings (SSSR count). The summed E-state index contributed by atoms with van der Waals surface area (Å²) in [6, 6.07) is 0. The molecule has 2 aliphatic rings. The molecule has 0 saturated carbocycles. The summed E-state index contributed by atoms with van der Waals surface area (Å²) >= 11 is 0. The van der Waals surface area contributed by atoms with Crippen LogP contribution in [0.2, 0.25) is 0 Å². The molecule has 0 aliphatic carbocycles. The Morgan fingerprint density at radius 1 is 1.37 bits per heavy atom. The van der Waals surface area contributed by atoms with Gasteiger partial charge in [-0.1, -0.05) is 0 Å². The van der Waals surface area contributed by atoms with E-state index in [2.05, 4.69) is 9.97 Å². The number of amides is 2. The van der Waals surface area contributed by atoms with E-state index in [0.29, 0.717) is 19.5 Å². The van der Waals surface area contributed by atoms with Gasteiger partial charge in [0.2, 0.25) is 20.9 Å². The van der Waals surface area contributed by atoms with Crippen LogP contribution in [0.5, 0.6) is 0 Å². The van der Waals surface area contributed by atoms with E-state index in [1.54, 1.807) is 31.9 Å². The Kier molecular flexibility index (Phi) is 5.06. The van der Waals surface area contributed by atoms with Crippen LogP contribution >= 0.6 is 10.7 Å². The maximum Gasteiger partial charge on any atom is 0.410 e. The standard InChI is InChI=1S/C16H21ClN4O5S/c1-16(2,3)26-15(23)20-5-4-12-10(8-20)7-18-14(19-12)21-9-11(6-13(21)22)27(17,24)25/h7,11H,4-6,8-9H2,1-3H3. The zero-order chi connectivity index (χ0) is 20.0. The Hall–Kier alpha value is -1.94. The summed E-state index contributed by atoms with van der Waals surface area (Å²) in [5.41, 5.74) is 0.918. The van der Waals surface area contributed by atoms with Crippen LogP contribution in [-0.4, -0.2) is 59.2 Å². The number of carbonyl (C=O) groups is 2. The molecule has 0 radical (unpaired) electrons. The number of aromatic nitrogens is 2. The Morgan fingerprint density at radius 3 is 2.67 bits per heavy atom. The second-order valence-electron chi connectivity index (χ2n) is 7.60. The Balaban J connectivity index is 1.74. The van der Waals surface area contributed by atoms with Crippen molar-refractivity contribution in [2.75, 3.05) is 18.0 Å². The highest BCUT2D eigenvalue weighted by molar-refractivity contribution is 8.14. The zero-order valence-corrected chi connectivity index (χ0v) is 16.9. The molecule has 2 amide bonds. The van der Waals surface area contributed by atoms with Crippen molar-refractivity contribution in [3.05, 3.63) is 17.5 Å². The van der Waals surface area contributed by atoms with Crippen molar-refractivity contribution in [3.8, 4) is 0 Å². The molecule has 148 valence electrons. The molecule has 27 heavy (non-hydrogen) atoms. The molecule has 1 saturated heterocycles. The van der Waals surface area contributed by atoms with Gasteiger partial charge in [0.1, 0.15) is 10.9 Å². The molecule has 2 aliphatic heterocycles. The van der Waals surface area contributed by atoms with E-state index in [4.69, 9.17) is 15.4 Å². The Morgan fingerprint density at radius 2 is 2.07 bits per heavy atom. The lowest BCUT2D eigenvalue weighted by atomic mass is 10.1. The number of ether oxygens (including phenoxy) is 1. The first kappa shape index (κ1) is 19.8. The number of halogens is 1. The van der Waals surface area contributed by atoms with Crippen LogP contribution in [0.3, 0.4) is 0 Å². The first-order valence-electron chi connectivity index (χ1n) is 8.50. The molecule has 1 atom stereocenters. The Labute approximate surface area is 162 Å². The van der Waals surface area contributed by atoms with Gasteiger partial charge in [-0.2, -0.15) is 0 Å². The minimum atomic E-state index is -3.83. The Bertz CT molecular complexity index is 883. The molecule has 9 nitrogen and oxygen atoms in total. The van der Waals surface area contributed by atoms with E-state index in [1.807, 2.05) is 0 Å². The van der Waals surface area contributed by atoms with Crippen molar-refractivity contribution in [1.82, 2.24) is 14.9 Å². The van der Waals surface area contributed by atoms with E-state index < -0.39 is 26.0 Å². The third-order valence-corrected chi connectivity index (χ3v) is 6.17. The van der Waals surface area contributed by atoms with Crippen LogP contribution < -0.4 is 4.90 Å². The van der Waals surface area contributed by atoms with Gasteiger partial charge in [0, 0.05) is 48.4 Å². The fourth-order valence-electron chi connectivity index (χ4n) is 2.97. The monoisotopic (exact) mass is 416 g/mol. The summed E-state index contributed by atoms with van der Waals surface area (Å²) < 4.78 is 28.3. The van der Waals surface area contributed by atoms with Crippen molar-refractivity contribution in [2.45, 2.75) is 51.0 Å². The molecule has 0 spiro atoms. The predicted octanol–water partition coefficient (Wildman–Crippen LogP) is 1.44. The van der Waals surface area contributed by atoms with E-state index in [0.717, 1.165) is 11.3 Å². The fourth-order valence-corrected chi connectivity index (χ4v) is 4.00. The van der Waals surface area contributed by atoms with Gasteiger partial charge in [-0.05, 0) is 20.8 Å². The minimum absolute atomic E-state index is 0.0620. The SMILES string of the molecule is CC(C)(C)OC(=O)N1CCc2nc(N3CC(S(=O)(=O)Cl)CC3=O)ncc2C1. The number of carbonyl (C=O) groups excluding carboxylic acids is 2. The van der Waals surface area contributed by atoms with Crippen molar-refractivity contribution in [2.24, 2.45) is 0 Å². The molecule has 0 N–H and O–H groups in total. The van der Waals surface area contributed by atoms with Gasteiger partial charge >= 0.3 is 6.09 Å². The first-order chi connectivity index (χ1) is 12.4. The number of hydrogen-bond acceptors (Lipinski definition) is 7. The van der Waals surface area contributed by atoms with Crippen molar-refractivity contribution in [3.63, 3.8) is 0 Å². The lowest BCUT2D eigenvalue weighted by Crippen LogP contribution is -2.40. The van der Waals surface area contributed by atoms with E-state index >= 15 is 0 Å². The molecule has 1 aromatic heterocycles. The normalized spacial score (nSPS) is 20.6. The van der Waals surface area contributed by atoms with Gasteiger partial charge < -0.3 is 9.64 Å². The third kappa shape index (κ3) is 4.49. The summed E-state index contributed by atoms with van der Waals surface area (Å²) in [5.74, 6) is -0.220. The largest absolute Gasteiger partial charge is 0.444 e. The smallest absolute Gasteiger partial charge is 0.410 e. The van der Waals surface area contributed by atoms with E-state index in [9.17, 15) is 18.0 Å². The van der Waals surface area contributed by atoms with Crippen LogP contribution in [0.15, 0.2) is 6.20 Å². The van der Waals surface area contributed by atoms with Crippen LogP contribution in [0.4, 0.5) is 10.7 Å². The second kappa shape index (κ2) is 6.90. The predicted molar refractivity (Wildman–Crippen MR) is 97.9 cm³/mol. The lowest BCUT2D eigenvalue weighted by molar-refractivity contribution is -0.117. The van der Waals surface area contributed by atoms with Crippen LogP contribution in [0.25, 0.3) is 0 Å². The molecule has 1 aromatic rings. The van der Waals surface area contributed by atoms with Crippen molar-refractivity contribution < 1.29 is 22.7 Å². The van der Waals surface area contributed by atoms with Crippen LogP contribution in [-0.2, 0) is 31.5 Å². The van der Waals surface area contributed by atoms with Gasteiger partial charge in [-0.25, -0.2) is 23.2 Å². The highest BCUT2D eigenvalue weighted by Crippen LogP contribution is 2.26. The lowest BCUT2D eigenvalue weighted by Gasteiger charge is -2.31. The zero-order valence-electron chi connectivity index (χ0n) is 15.3. The highest BCUT2D eigenvalue weighted by Gasteiger charge is 2.39. The van der Waals surface area contributed by atoms with Gasteiger partial charge in [0.15, 0.2) is 0 Å². The topological polar surface area (TPSA) is 110 Å². The number of anilines is 1. The molecule has 1 fully saturated rings. The number of hydrogen-bond donors (Lipinski definition) is 0. The molecule has 0 bridgehead atoms. The van der Waals surface area contributed by atoms with Gasteiger partial charge in [-0.15, -0.1) is 0 Å².